The molecule has 0 radical (unpaired) electrons. The molecule has 0 aromatic heterocycles. The first kappa shape index (κ1) is 26.9. The number of amides is 4. The minimum absolute atomic E-state index is 0.0442. The fourth-order valence-electron chi connectivity index (χ4n) is 6.61. The van der Waals surface area contributed by atoms with E-state index in [9.17, 15) is 14.4 Å². The molecule has 3 saturated heterocycles. The van der Waals surface area contributed by atoms with Gasteiger partial charge in [-0.2, -0.15) is 0 Å². The molecule has 0 unspecified atom stereocenters. The second kappa shape index (κ2) is 12.5. The Morgan fingerprint density at radius 3 is 2.11 bits per heavy atom. The van der Waals surface area contributed by atoms with Gasteiger partial charge in [0.1, 0.15) is 0 Å². The van der Waals surface area contributed by atoms with E-state index in [1.807, 2.05) is 32.9 Å². The molecule has 4 aliphatic heterocycles. The number of piperidine rings is 2. The quantitative estimate of drug-likeness (QED) is 0.640. The molecular weight excluding hydrogens is 480 g/mol. The molecule has 38 heavy (non-hydrogen) atoms. The summed E-state index contributed by atoms with van der Waals surface area (Å²) >= 11 is 0. The van der Waals surface area contributed by atoms with Crippen LogP contribution < -0.4 is 5.32 Å². The number of rotatable bonds is 5. The zero-order valence-electron chi connectivity index (χ0n) is 22.9. The van der Waals surface area contributed by atoms with Crippen molar-refractivity contribution in [2.45, 2.75) is 63.5 Å². The molecule has 1 aromatic rings. The number of nitrogens with one attached hydrogen (secondary N) is 1. The molecule has 1 N–H and O–H groups in total. The highest BCUT2D eigenvalue weighted by molar-refractivity contribution is 5.91. The van der Waals surface area contributed by atoms with Crippen molar-refractivity contribution in [2.24, 2.45) is 0 Å². The van der Waals surface area contributed by atoms with Gasteiger partial charge in [-0.05, 0) is 70.3 Å². The van der Waals surface area contributed by atoms with Gasteiger partial charge in [0.05, 0.1) is 0 Å². The van der Waals surface area contributed by atoms with E-state index in [4.69, 9.17) is 0 Å². The molecule has 3 fully saturated rings. The number of urea groups is 1. The topological polar surface area (TPSA) is 79.4 Å². The lowest BCUT2D eigenvalue weighted by atomic mass is 10.0. The smallest absolute Gasteiger partial charge is 0.322 e. The van der Waals surface area contributed by atoms with Crippen LogP contribution >= 0.6 is 0 Å². The van der Waals surface area contributed by atoms with E-state index in [0.717, 1.165) is 70.5 Å². The van der Waals surface area contributed by atoms with Gasteiger partial charge in [-0.3, -0.25) is 14.5 Å². The van der Waals surface area contributed by atoms with Crippen molar-refractivity contribution in [1.29, 1.82) is 0 Å². The molecule has 5 rings (SSSR count). The number of likely N-dealkylation sites (tertiary alicyclic amines) is 2. The van der Waals surface area contributed by atoms with Crippen molar-refractivity contribution >= 4 is 23.5 Å². The third-order valence-corrected chi connectivity index (χ3v) is 9.04. The van der Waals surface area contributed by atoms with Crippen LogP contribution in [0.25, 0.3) is 0 Å². The Labute approximate surface area is 227 Å². The predicted octanol–water partition coefficient (Wildman–Crippen LogP) is 2.48. The van der Waals surface area contributed by atoms with Crippen molar-refractivity contribution < 1.29 is 14.4 Å². The third-order valence-electron chi connectivity index (χ3n) is 9.04. The van der Waals surface area contributed by atoms with Crippen LogP contribution in [0.15, 0.2) is 24.3 Å². The Hall–Kier alpha value is -2.65. The zero-order chi connectivity index (χ0) is 26.5. The number of fused-ring (bicyclic) bond motifs is 1. The first-order chi connectivity index (χ1) is 18.5. The Balaban J connectivity index is 1.02. The fraction of sp³-hybridized carbons (Fsp3) is 0.690. The van der Waals surface area contributed by atoms with E-state index in [0.29, 0.717) is 32.1 Å². The third kappa shape index (κ3) is 6.49. The first-order valence-corrected chi connectivity index (χ1v) is 14.6. The molecule has 9 nitrogen and oxygen atoms in total. The molecule has 1 aromatic carbocycles. The zero-order valence-corrected chi connectivity index (χ0v) is 22.9. The minimum atomic E-state index is -0.0442. The van der Waals surface area contributed by atoms with Crippen LogP contribution in [0, 0.1) is 0 Å². The van der Waals surface area contributed by atoms with Gasteiger partial charge in [0.25, 0.3) is 0 Å². The lowest BCUT2D eigenvalue weighted by Crippen LogP contribution is -2.50. The number of carbonyl (C=O) groups is 3. The van der Waals surface area contributed by atoms with E-state index in [1.165, 1.54) is 18.5 Å². The average Bonchev–Trinajstić information content (AvgIpc) is 3.26. The summed E-state index contributed by atoms with van der Waals surface area (Å²) in [5, 5.41) is 3.05. The average molecular weight is 525 g/mol. The summed E-state index contributed by atoms with van der Waals surface area (Å²) < 4.78 is 0. The second-order valence-corrected chi connectivity index (χ2v) is 11.4. The van der Waals surface area contributed by atoms with Crippen LogP contribution in [0.1, 0.15) is 50.5 Å². The molecule has 4 aliphatic rings. The van der Waals surface area contributed by atoms with Gasteiger partial charge in [-0.25, -0.2) is 4.79 Å². The van der Waals surface area contributed by atoms with E-state index in [2.05, 4.69) is 28.2 Å². The number of hydrogen-bond donors (Lipinski definition) is 1. The molecule has 0 spiro atoms. The molecule has 0 aliphatic carbocycles. The van der Waals surface area contributed by atoms with Crippen LogP contribution in [0.2, 0.25) is 0 Å². The van der Waals surface area contributed by atoms with Crippen molar-refractivity contribution in [1.82, 2.24) is 24.5 Å². The molecule has 9 heteroatoms. The minimum Gasteiger partial charge on any atom is -0.343 e. The highest BCUT2D eigenvalue weighted by Crippen LogP contribution is 2.25. The number of hydrogen-bond acceptors (Lipinski definition) is 5. The van der Waals surface area contributed by atoms with Gasteiger partial charge in [-0.1, -0.05) is 18.2 Å². The van der Waals surface area contributed by atoms with E-state index >= 15 is 0 Å². The van der Waals surface area contributed by atoms with Crippen molar-refractivity contribution in [3.8, 4) is 0 Å². The van der Waals surface area contributed by atoms with Crippen LogP contribution in [-0.4, -0.2) is 120 Å². The lowest BCUT2D eigenvalue weighted by molar-refractivity contribution is -0.138. The standard InChI is InChI=1S/C29H44N6O3/c1-31-14-4-15-32(22-21-31)24-10-16-33(17-11-24)27(36)7-8-28(37)34-18-12-25(13-19-34)35-20-9-23-5-2-3-6-26(23)30-29(35)38/h2-3,5-6,24-25H,4,7-22H2,1H3,(H,30,38). The maximum atomic E-state index is 12.9. The lowest BCUT2D eigenvalue weighted by Gasteiger charge is -2.39. The fourth-order valence-corrected chi connectivity index (χ4v) is 6.61. The number of carbonyl (C=O) groups excluding carboxylic acids is 3. The predicted molar refractivity (Wildman–Crippen MR) is 148 cm³/mol. The number of likely N-dealkylation sites (N-methyl/N-ethyl adjacent to an activating group) is 1. The summed E-state index contributed by atoms with van der Waals surface area (Å²) in [5.41, 5.74) is 2.07. The largest absolute Gasteiger partial charge is 0.343 e. The van der Waals surface area contributed by atoms with E-state index in [1.54, 1.807) is 0 Å². The molecule has 4 amide bonds. The second-order valence-electron chi connectivity index (χ2n) is 11.4. The van der Waals surface area contributed by atoms with Gasteiger partial charge < -0.3 is 24.9 Å². The molecular formula is C29H44N6O3. The summed E-state index contributed by atoms with van der Waals surface area (Å²) in [4.78, 5) is 49.4. The van der Waals surface area contributed by atoms with Crippen molar-refractivity contribution in [3.05, 3.63) is 29.8 Å². The molecule has 208 valence electrons. The Morgan fingerprint density at radius 1 is 0.789 bits per heavy atom. The van der Waals surface area contributed by atoms with E-state index < -0.39 is 0 Å². The Bertz CT molecular complexity index is 986. The number of benzene rings is 1. The molecule has 4 heterocycles. The van der Waals surface area contributed by atoms with Crippen LogP contribution in [0.4, 0.5) is 10.5 Å². The monoisotopic (exact) mass is 524 g/mol. The van der Waals surface area contributed by atoms with Crippen molar-refractivity contribution in [3.63, 3.8) is 0 Å². The highest BCUT2D eigenvalue weighted by Gasteiger charge is 2.32. The number of anilines is 1. The first-order valence-electron chi connectivity index (χ1n) is 14.6. The van der Waals surface area contributed by atoms with Crippen molar-refractivity contribution in [2.75, 3.05) is 71.3 Å². The molecule has 0 saturated carbocycles. The van der Waals surface area contributed by atoms with Gasteiger partial charge in [-0.15, -0.1) is 0 Å². The molecule has 0 bridgehead atoms. The summed E-state index contributed by atoms with van der Waals surface area (Å²) in [6, 6.07) is 8.65. The summed E-state index contributed by atoms with van der Waals surface area (Å²) in [5.74, 6) is 0.177. The number of para-hydroxylation sites is 1. The summed E-state index contributed by atoms with van der Waals surface area (Å²) in [6.07, 6.45) is 6.26. The normalized spacial score (nSPS) is 23.0. The van der Waals surface area contributed by atoms with Gasteiger partial charge in [0.15, 0.2) is 0 Å². The van der Waals surface area contributed by atoms with E-state index in [-0.39, 0.29) is 30.3 Å². The van der Waals surface area contributed by atoms with Crippen LogP contribution in [0.3, 0.4) is 0 Å². The SMILES string of the molecule is CN1CCCN(C2CCN(C(=O)CCC(=O)N3CCC(N4CCc5ccccc5NC4=O)CC3)CC2)CC1. The highest BCUT2D eigenvalue weighted by atomic mass is 16.2. The molecule has 0 atom stereocenters. The van der Waals surface area contributed by atoms with Gasteiger partial charge in [0.2, 0.25) is 11.8 Å². The Morgan fingerprint density at radius 2 is 1.42 bits per heavy atom. The van der Waals surface area contributed by atoms with Gasteiger partial charge >= 0.3 is 6.03 Å². The maximum Gasteiger partial charge on any atom is 0.322 e. The summed E-state index contributed by atoms with van der Waals surface area (Å²) in [7, 11) is 2.20. The van der Waals surface area contributed by atoms with Crippen LogP contribution in [0.5, 0.6) is 0 Å². The van der Waals surface area contributed by atoms with Crippen LogP contribution in [-0.2, 0) is 16.0 Å². The number of nitrogens with zero attached hydrogens (tertiary/aromatic N) is 5. The summed E-state index contributed by atoms with van der Waals surface area (Å²) in [6.45, 7) is 8.16. The maximum absolute atomic E-state index is 12.9. The van der Waals surface area contributed by atoms with Gasteiger partial charge in [0, 0.05) is 76.4 Å². The Kier molecular flexibility index (Phi) is 8.84.